The lowest BCUT2D eigenvalue weighted by molar-refractivity contribution is -0.144. The molecular formula is C27H37NO3Si. The second-order valence-corrected chi connectivity index (χ2v) is 15.3. The molecule has 172 valence electrons. The molecule has 4 nitrogen and oxygen atoms in total. The van der Waals surface area contributed by atoms with Crippen LogP contribution in [0.4, 0.5) is 0 Å². The van der Waals surface area contributed by atoms with Crippen molar-refractivity contribution in [2.24, 2.45) is 5.92 Å². The Morgan fingerprint density at radius 1 is 1.16 bits per heavy atom. The van der Waals surface area contributed by atoms with Gasteiger partial charge in [-0.25, -0.2) is 0 Å². The van der Waals surface area contributed by atoms with Crippen LogP contribution in [-0.2, 0) is 27.0 Å². The topological polar surface area (TPSA) is 48.4 Å². The van der Waals surface area contributed by atoms with Crippen LogP contribution in [0.1, 0.15) is 57.2 Å². The molecule has 0 bridgehead atoms. The van der Waals surface area contributed by atoms with Gasteiger partial charge >= 0.3 is 5.97 Å². The lowest BCUT2D eigenvalue weighted by Crippen LogP contribution is -2.44. The van der Waals surface area contributed by atoms with E-state index in [0.717, 1.165) is 29.5 Å². The van der Waals surface area contributed by atoms with Crippen LogP contribution in [0.2, 0.25) is 18.1 Å². The molecule has 1 aromatic heterocycles. The van der Waals surface area contributed by atoms with Gasteiger partial charge in [-0.1, -0.05) is 64.1 Å². The summed E-state index contributed by atoms with van der Waals surface area (Å²) in [6.07, 6.45) is 8.23. The summed E-state index contributed by atoms with van der Waals surface area (Å²) in [7, 11) is -1.87. The number of benzene rings is 1. The molecule has 0 aliphatic heterocycles. The van der Waals surface area contributed by atoms with Gasteiger partial charge in [-0.15, -0.1) is 0 Å². The van der Waals surface area contributed by atoms with E-state index in [2.05, 4.69) is 51.8 Å². The van der Waals surface area contributed by atoms with Crippen molar-refractivity contribution in [1.82, 2.24) is 4.98 Å². The number of pyridine rings is 1. The lowest BCUT2D eigenvalue weighted by Gasteiger charge is -2.40. The van der Waals surface area contributed by atoms with Crippen molar-refractivity contribution in [3.8, 4) is 0 Å². The van der Waals surface area contributed by atoms with Gasteiger partial charge in [-0.3, -0.25) is 9.78 Å². The fourth-order valence-electron chi connectivity index (χ4n) is 3.88. The molecule has 0 unspecified atom stereocenters. The first kappa shape index (κ1) is 24.4. The fourth-order valence-corrected chi connectivity index (χ4v) is 5.15. The number of hydrogen-bond acceptors (Lipinski definition) is 4. The van der Waals surface area contributed by atoms with E-state index in [1.165, 1.54) is 5.57 Å². The Morgan fingerprint density at radius 3 is 2.56 bits per heavy atom. The standard InChI is InChI=1S/C27H37NO3Si/c1-20-14-22(16-24(15-20)31-32(5,6)27(2,3)4)25-12-13-28-18-23(25)17-26(29)30-19-21-10-8-7-9-11-21/h7-13,16,18,20,24H,14-15,17,19H2,1-6H3/t20-,24-/m0/s1. The number of ether oxygens (including phenoxy) is 1. The van der Waals surface area contributed by atoms with Crippen LogP contribution in [0.15, 0.2) is 54.9 Å². The second-order valence-electron chi connectivity index (χ2n) is 10.5. The average molecular weight is 452 g/mol. The van der Waals surface area contributed by atoms with E-state index >= 15 is 0 Å². The number of allylic oxidation sites excluding steroid dienone is 1. The molecule has 0 N–H and O–H groups in total. The highest BCUT2D eigenvalue weighted by atomic mass is 28.4. The summed E-state index contributed by atoms with van der Waals surface area (Å²) < 4.78 is 12.2. The van der Waals surface area contributed by atoms with E-state index < -0.39 is 8.32 Å². The van der Waals surface area contributed by atoms with Crippen LogP contribution in [0.3, 0.4) is 0 Å². The van der Waals surface area contributed by atoms with Crippen LogP contribution in [0.25, 0.3) is 5.57 Å². The van der Waals surface area contributed by atoms with Gasteiger partial charge in [0.1, 0.15) is 6.61 Å². The van der Waals surface area contributed by atoms with Gasteiger partial charge in [-0.05, 0) is 65.2 Å². The van der Waals surface area contributed by atoms with Crippen molar-refractivity contribution in [2.75, 3.05) is 0 Å². The minimum absolute atomic E-state index is 0.112. The normalized spacial score (nSPS) is 19.4. The summed E-state index contributed by atoms with van der Waals surface area (Å²) in [5.41, 5.74) is 4.24. The van der Waals surface area contributed by atoms with Crippen molar-refractivity contribution in [3.05, 3.63) is 71.6 Å². The van der Waals surface area contributed by atoms with Gasteiger partial charge in [0, 0.05) is 12.4 Å². The fraction of sp³-hybridized carbons (Fsp3) is 0.481. The van der Waals surface area contributed by atoms with Crippen molar-refractivity contribution in [2.45, 2.75) is 77.8 Å². The zero-order valence-corrected chi connectivity index (χ0v) is 21.4. The monoisotopic (exact) mass is 451 g/mol. The van der Waals surface area contributed by atoms with Gasteiger partial charge in [0.05, 0.1) is 12.5 Å². The van der Waals surface area contributed by atoms with Gasteiger partial charge in [-0.2, -0.15) is 0 Å². The molecule has 0 radical (unpaired) electrons. The molecule has 3 rings (SSSR count). The molecule has 0 saturated heterocycles. The average Bonchev–Trinajstić information content (AvgIpc) is 2.72. The molecule has 1 heterocycles. The van der Waals surface area contributed by atoms with Crippen molar-refractivity contribution < 1.29 is 14.0 Å². The number of carbonyl (C=O) groups excluding carboxylic acids is 1. The maximum absolute atomic E-state index is 12.6. The van der Waals surface area contributed by atoms with E-state index in [1.807, 2.05) is 36.4 Å². The van der Waals surface area contributed by atoms with E-state index in [1.54, 1.807) is 12.4 Å². The Kier molecular flexibility index (Phi) is 7.73. The second kappa shape index (κ2) is 10.1. The first-order chi connectivity index (χ1) is 15.0. The maximum Gasteiger partial charge on any atom is 0.310 e. The molecule has 1 aromatic carbocycles. The minimum atomic E-state index is -1.87. The Bertz CT molecular complexity index is 947. The molecule has 0 fully saturated rings. The maximum atomic E-state index is 12.6. The summed E-state index contributed by atoms with van der Waals surface area (Å²) in [5.74, 6) is 0.289. The summed E-state index contributed by atoms with van der Waals surface area (Å²) in [6, 6.07) is 11.8. The van der Waals surface area contributed by atoms with Gasteiger partial charge in [0.2, 0.25) is 0 Å². The molecular weight excluding hydrogens is 414 g/mol. The van der Waals surface area contributed by atoms with E-state index in [0.29, 0.717) is 5.92 Å². The van der Waals surface area contributed by atoms with Gasteiger partial charge < -0.3 is 9.16 Å². The summed E-state index contributed by atoms with van der Waals surface area (Å²) in [5, 5.41) is 0.173. The van der Waals surface area contributed by atoms with E-state index in [9.17, 15) is 4.79 Å². The smallest absolute Gasteiger partial charge is 0.310 e. The van der Waals surface area contributed by atoms with Gasteiger partial charge in [0.25, 0.3) is 0 Å². The Balaban J connectivity index is 1.75. The summed E-state index contributed by atoms with van der Waals surface area (Å²) >= 11 is 0. The van der Waals surface area contributed by atoms with Crippen LogP contribution in [0.5, 0.6) is 0 Å². The zero-order valence-electron chi connectivity index (χ0n) is 20.4. The van der Waals surface area contributed by atoms with Crippen LogP contribution >= 0.6 is 0 Å². The van der Waals surface area contributed by atoms with Crippen molar-refractivity contribution in [1.29, 1.82) is 0 Å². The Labute approximate surface area is 194 Å². The SMILES string of the molecule is C[C@H]1CC(c2ccncc2CC(=O)OCc2ccccc2)=C[C@@H](O[Si](C)(C)C(C)(C)C)C1. The molecule has 32 heavy (non-hydrogen) atoms. The summed E-state index contributed by atoms with van der Waals surface area (Å²) in [4.78, 5) is 16.8. The first-order valence-electron chi connectivity index (χ1n) is 11.6. The minimum Gasteiger partial charge on any atom is -0.461 e. The number of aromatic nitrogens is 1. The van der Waals surface area contributed by atoms with Crippen LogP contribution in [-0.4, -0.2) is 25.4 Å². The number of hydrogen-bond donors (Lipinski definition) is 0. The summed E-state index contributed by atoms with van der Waals surface area (Å²) in [6.45, 7) is 14.0. The quantitative estimate of drug-likeness (QED) is 0.353. The molecule has 0 spiro atoms. The molecule has 2 aromatic rings. The van der Waals surface area contributed by atoms with E-state index in [-0.39, 0.29) is 30.1 Å². The number of rotatable bonds is 7. The Hall–Kier alpha value is -2.24. The number of carbonyl (C=O) groups is 1. The van der Waals surface area contributed by atoms with Crippen LogP contribution in [0, 0.1) is 5.92 Å². The molecule has 0 saturated carbocycles. The molecule has 2 atom stereocenters. The zero-order chi connectivity index (χ0) is 23.4. The number of esters is 1. The highest BCUT2D eigenvalue weighted by Gasteiger charge is 2.39. The third kappa shape index (κ3) is 6.39. The van der Waals surface area contributed by atoms with Crippen molar-refractivity contribution in [3.63, 3.8) is 0 Å². The number of nitrogens with zero attached hydrogens (tertiary/aromatic N) is 1. The predicted molar refractivity (Wildman–Crippen MR) is 133 cm³/mol. The largest absolute Gasteiger partial charge is 0.461 e. The van der Waals surface area contributed by atoms with E-state index in [4.69, 9.17) is 9.16 Å². The molecule has 1 aliphatic carbocycles. The third-order valence-corrected chi connectivity index (χ3v) is 11.2. The first-order valence-corrected chi connectivity index (χ1v) is 14.5. The highest BCUT2D eigenvalue weighted by Crippen LogP contribution is 2.40. The Morgan fingerprint density at radius 2 is 1.88 bits per heavy atom. The van der Waals surface area contributed by atoms with Crippen molar-refractivity contribution >= 4 is 19.9 Å². The molecule has 0 amide bonds. The van der Waals surface area contributed by atoms with Gasteiger partial charge in [0.15, 0.2) is 8.32 Å². The lowest BCUT2D eigenvalue weighted by atomic mass is 9.84. The molecule has 5 heteroatoms. The van der Waals surface area contributed by atoms with Crippen LogP contribution < -0.4 is 0 Å². The third-order valence-electron chi connectivity index (χ3n) is 6.67. The predicted octanol–water partition coefficient (Wildman–Crippen LogP) is 6.57. The molecule has 1 aliphatic rings. The highest BCUT2D eigenvalue weighted by molar-refractivity contribution is 6.74.